The third-order valence-electron chi connectivity index (χ3n) is 6.49. The standard InChI is InChI=1S/C19H28N4O5/c1-28-10-15(24)20-12-8-14-17(25)21-13-6-7-22(16(13)19(27)23(14)9-12)18(26)11-4-2-3-5-11/h11-14,16H,2-10H2,1H3,(H,20,24)(H,21,25)/t12-,13-,14+,16-/m0/s1. The maximum absolute atomic E-state index is 13.3. The minimum Gasteiger partial charge on any atom is -0.375 e. The number of carbonyl (C=O) groups excluding carboxylic acids is 4. The van der Waals surface area contributed by atoms with Gasteiger partial charge in [-0.3, -0.25) is 19.2 Å². The average Bonchev–Trinajstić information content (AvgIpc) is 3.39. The number of nitrogens with zero attached hydrogens (tertiary/aromatic N) is 2. The quantitative estimate of drug-likeness (QED) is 0.639. The Labute approximate surface area is 164 Å². The molecule has 0 radical (unpaired) electrons. The molecule has 4 fully saturated rings. The van der Waals surface area contributed by atoms with E-state index in [1.165, 1.54) is 7.11 Å². The van der Waals surface area contributed by atoms with Crippen molar-refractivity contribution < 1.29 is 23.9 Å². The van der Waals surface area contributed by atoms with Crippen molar-refractivity contribution in [2.24, 2.45) is 5.92 Å². The molecular formula is C19H28N4O5. The van der Waals surface area contributed by atoms with Gasteiger partial charge in [0.25, 0.3) is 0 Å². The zero-order valence-electron chi connectivity index (χ0n) is 16.2. The molecule has 3 saturated heterocycles. The lowest BCUT2D eigenvalue weighted by Crippen LogP contribution is -2.53. The molecule has 4 aliphatic rings. The molecule has 0 spiro atoms. The van der Waals surface area contributed by atoms with Crippen molar-refractivity contribution in [3.05, 3.63) is 0 Å². The summed E-state index contributed by atoms with van der Waals surface area (Å²) in [6.07, 6.45) is 4.86. The van der Waals surface area contributed by atoms with Gasteiger partial charge in [0.05, 0.1) is 6.04 Å². The van der Waals surface area contributed by atoms with Gasteiger partial charge >= 0.3 is 0 Å². The Hall–Kier alpha value is -2.16. The highest BCUT2D eigenvalue weighted by molar-refractivity contribution is 5.97. The summed E-state index contributed by atoms with van der Waals surface area (Å²) in [5.74, 6) is -0.592. The number of likely N-dealkylation sites (tertiary alicyclic amines) is 1. The molecule has 2 N–H and O–H groups in total. The van der Waals surface area contributed by atoms with Crippen LogP contribution in [0.5, 0.6) is 0 Å². The number of carbonyl (C=O) groups is 4. The minimum absolute atomic E-state index is 0.000889. The Morgan fingerprint density at radius 1 is 1.21 bits per heavy atom. The third kappa shape index (κ3) is 3.36. The Bertz CT molecular complexity index is 677. The van der Waals surface area contributed by atoms with Crippen LogP contribution in [0, 0.1) is 5.92 Å². The number of amides is 4. The summed E-state index contributed by atoms with van der Waals surface area (Å²) >= 11 is 0. The van der Waals surface area contributed by atoms with E-state index < -0.39 is 12.1 Å². The predicted molar refractivity (Wildman–Crippen MR) is 97.9 cm³/mol. The molecule has 4 rings (SSSR count). The molecule has 4 atom stereocenters. The van der Waals surface area contributed by atoms with Crippen molar-refractivity contribution in [1.82, 2.24) is 20.4 Å². The lowest BCUT2D eigenvalue weighted by molar-refractivity contribution is -0.146. The van der Waals surface area contributed by atoms with Crippen LogP contribution in [-0.4, -0.2) is 84.4 Å². The van der Waals surface area contributed by atoms with Gasteiger partial charge in [-0.15, -0.1) is 0 Å². The number of methoxy groups -OCH3 is 1. The molecule has 0 bridgehead atoms. The van der Waals surface area contributed by atoms with Crippen molar-refractivity contribution in [3.63, 3.8) is 0 Å². The molecule has 9 nitrogen and oxygen atoms in total. The summed E-state index contributed by atoms with van der Waals surface area (Å²) in [6.45, 7) is 0.722. The van der Waals surface area contributed by atoms with Crippen molar-refractivity contribution in [2.75, 3.05) is 26.8 Å². The van der Waals surface area contributed by atoms with E-state index in [1.807, 2.05) is 0 Å². The summed E-state index contributed by atoms with van der Waals surface area (Å²) in [4.78, 5) is 54.1. The zero-order valence-corrected chi connectivity index (χ0v) is 16.2. The van der Waals surface area contributed by atoms with Gasteiger partial charge in [-0.25, -0.2) is 0 Å². The first-order valence-electron chi connectivity index (χ1n) is 10.2. The maximum Gasteiger partial charge on any atom is 0.248 e. The van der Waals surface area contributed by atoms with Gasteiger partial charge in [0, 0.05) is 32.2 Å². The van der Waals surface area contributed by atoms with Gasteiger partial charge < -0.3 is 25.2 Å². The van der Waals surface area contributed by atoms with Crippen LogP contribution in [0.2, 0.25) is 0 Å². The molecule has 9 heteroatoms. The summed E-state index contributed by atoms with van der Waals surface area (Å²) < 4.78 is 4.82. The molecule has 3 aliphatic heterocycles. The van der Waals surface area contributed by atoms with Crippen molar-refractivity contribution in [1.29, 1.82) is 0 Å². The highest BCUT2D eigenvalue weighted by Gasteiger charge is 2.53. The second kappa shape index (κ2) is 7.69. The molecule has 4 amide bonds. The fourth-order valence-corrected chi connectivity index (χ4v) is 5.19. The third-order valence-corrected chi connectivity index (χ3v) is 6.49. The summed E-state index contributed by atoms with van der Waals surface area (Å²) in [5.41, 5.74) is 0. The molecule has 0 aromatic heterocycles. The molecule has 0 aromatic rings. The SMILES string of the molecule is COCC(=O)N[C@H]1C[C@@H]2C(=O)N[C@H]3CCN(C(=O)C4CCCC4)[C@@H]3C(=O)N2C1. The zero-order chi connectivity index (χ0) is 19.8. The number of hydrogen-bond acceptors (Lipinski definition) is 5. The van der Waals surface area contributed by atoms with E-state index in [1.54, 1.807) is 9.80 Å². The van der Waals surface area contributed by atoms with E-state index in [9.17, 15) is 19.2 Å². The van der Waals surface area contributed by atoms with Gasteiger partial charge in [0.1, 0.15) is 18.7 Å². The largest absolute Gasteiger partial charge is 0.375 e. The van der Waals surface area contributed by atoms with Crippen molar-refractivity contribution >= 4 is 23.6 Å². The topological polar surface area (TPSA) is 108 Å². The predicted octanol–water partition coefficient (Wildman–Crippen LogP) is -0.992. The average molecular weight is 392 g/mol. The Morgan fingerprint density at radius 2 is 1.96 bits per heavy atom. The van der Waals surface area contributed by atoms with Gasteiger partial charge in [0.2, 0.25) is 23.6 Å². The smallest absolute Gasteiger partial charge is 0.248 e. The van der Waals surface area contributed by atoms with Crippen LogP contribution in [0.3, 0.4) is 0 Å². The Kier molecular flexibility index (Phi) is 5.27. The number of nitrogens with one attached hydrogen (secondary N) is 2. The molecule has 3 heterocycles. The van der Waals surface area contributed by atoms with Gasteiger partial charge in [-0.05, 0) is 25.7 Å². The first-order valence-corrected chi connectivity index (χ1v) is 10.2. The number of fused-ring (bicyclic) bond motifs is 2. The monoisotopic (exact) mass is 392 g/mol. The molecule has 0 aromatic carbocycles. The second-order valence-corrected chi connectivity index (χ2v) is 8.30. The molecular weight excluding hydrogens is 364 g/mol. The van der Waals surface area contributed by atoms with Crippen LogP contribution in [0.1, 0.15) is 38.5 Å². The highest BCUT2D eigenvalue weighted by Crippen LogP contribution is 2.33. The minimum atomic E-state index is -0.629. The van der Waals surface area contributed by atoms with E-state index in [-0.39, 0.29) is 54.8 Å². The van der Waals surface area contributed by atoms with Crippen LogP contribution in [0.4, 0.5) is 0 Å². The van der Waals surface area contributed by atoms with E-state index in [0.29, 0.717) is 19.4 Å². The molecule has 0 unspecified atom stereocenters. The van der Waals surface area contributed by atoms with E-state index in [4.69, 9.17) is 4.74 Å². The Balaban J connectivity index is 1.50. The van der Waals surface area contributed by atoms with Crippen LogP contribution < -0.4 is 10.6 Å². The molecule has 1 saturated carbocycles. The first-order chi connectivity index (χ1) is 13.5. The second-order valence-electron chi connectivity index (χ2n) is 8.30. The fourth-order valence-electron chi connectivity index (χ4n) is 5.19. The van der Waals surface area contributed by atoms with Gasteiger partial charge in [-0.1, -0.05) is 12.8 Å². The van der Waals surface area contributed by atoms with Crippen LogP contribution in [0.25, 0.3) is 0 Å². The first kappa shape index (κ1) is 19.2. The highest BCUT2D eigenvalue weighted by atomic mass is 16.5. The number of rotatable bonds is 4. The summed E-state index contributed by atoms with van der Waals surface area (Å²) in [6, 6.07) is -1.85. The van der Waals surface area contributed by atoms with Gasteiger partial charge in [0.15, 0.2) is 0 Å². The number of hydrogen-bond donors (Lipinski definition) is 2. The van der Waals surface area contributed by atoms with Crippen LogP contribution in [-0.2, 0) is 23.9 Å². The maximum atomic E-state index is 13.3. The normalized spacial score (nSPS) is 32.8. The molecule has 28 heavy (non-hydrogen) atoms. The number of ether oxygens (including phenoxy) is 1. The van der Waals surface area contributed by atoms with E-state index >= 15 is 0 Å². The lowest BCUT2D eigenvalue weighted by Gasteiger charge is -2.30. The van der Waals surface area contributed by atoms with Crippen molar-refractivity contribution in [3.8, 4) is 0 Å². The summed E-state index contributed by atoms with van der Waals surface area (Å²) in [5, 5.41) is 5.80. The lowest BCUT2D eigenvalue weighted by atomic mass is 10.0. The molecule has 1 aliphatic carbocycles. The van der Waals surface area contributed by atoms with E-state index in [2.05, 4.69) is 10.6 Å². The Morgan fingerprint density at radius 3 is 2.68 bits per heavy atom. The van der Waals surface area contributed by atoms with Gasteiger partial charge in [-0.2, -0.15) is 0 Å². The van der Waals surface area contributed by atoms with Crippen molar-refractivity contribution in [2.45, 2.75) is 62.7 Å². The summed E-state index contributed by atoms with van der Waals surface area (Å²) in [7, 11) is 1.44. The van der Waals surface area contributed by atoms with Crippen LogP contribution >= 0.6 is 0 Å². The van der Waals surface area contributed by atoms with E-state index in [0.717, 1.165) is 25.7 Å². The fraction of sp³-hybridized carbons (Fsp3) is 0.789. The van der Waals surface area contributed by atoms with Crippen LogP contribution in [0.15, 0.2) is 0 Å². The molecule has 154 valence electrons.